The lowest BCUT2D eigenvalue weighted by Gasteiger charge is -2.11. The summed E-state index contributed by atoms with van der Waals surface area (Å²) in [5.41, 5.74) is 0. The van der Waals surface area contributed by atoms with E-state index in [4.69, 9.17) is 0 Å². The van der Waals surface area contributed by atoms with Crippen LogP contribution >= 0.6 is 0 Å². The predicted molar refractivity (Wildman–Crippen MR) is 84.8 cm³/mol. The predicted octanol–water partition coefficient (Wildman–Crippen LogP) is 2.60. The van der Waals surface area contributed by atoms with Crippen LogP contribution in [0.3, 0.4) is 0 Å². The Morgan fingerprint density at radius 1 is 0.950 bits per heavy atom. The van der Waals surface area contributed by atoms with Gasteiger partial charge >= 0.3 is 0 Å². The van der Waals surface area contributed by atoms with Crippen LogP contribution in [0.25, 0.3) is 0 Å². The van der Waals surface area contributed by atoms with Gasteiger partial charge in [0.25, 0.3) is 0 Å². The summed E-state index contributed by atoms with van der Waals surface area (Å²) in [6.07, 6.45) is 8.86. The van der Waals surface area contributed by atoms with Crippen LogP contribution in [0.2, 0.25) is 0 Å². The van der Waals surface area contributed by atoms with Crippen molar-refractivity contribution in [2.24, 2.45) is 0 Å². The molecule has 0 saturated heterocycles. The first-order valence-electron chi connectivity index (χ1n) is 8.36. The molecule has 0 rings (SSSR count). The Morgan fingerprint density at radius 3 is 2.40 bits per heavy atom. The summed E-state index contributed by atoms with van der Waals surface area (Å²) in [6.45, 7) is 6.65. The van der Waals surface area contributed by atoms with Crippen molar-refractivity contribution in [3.63, 3.8) is 0 Å². The van der Waals surface area contributed by atoms with Crippen molar-refractivity contribution >= 4 is 5.91 Å². The summed E-state index contributed by atoms with van der Waals surface area (Å²) in [7, 11) is 0. The largest absolute Gasteiger partial charge is 0.393 e. The molecule has 0 aliphatic rings. The molecule has 1 amide bonds. The molecule has 0 aliphatic carbocycles. The van der Waals surface area contributed by atoms with Crippen LogP contribution in [-0.2, 0) is 4.79 Å². The SMILES string of the molecule is CCCCCCC(O)CCNC(=O)CCNCCCC. The van der Waals surface area contributed by atoms with Crippen molar-refractivity contribution in [2.45, 2.75) is 77.7 Å². The first-order valence-corrected chi connectivity index (χ1v) is 8.36. The van der Waals surface area contributed by atoms with Gasteiger partial charge in [0.15, 0.2) is 0 Å². The molecule has 1 atom stereocenters. The van der Waals surface area contributed by atoms with Gasteiger partial charge in [0.1, 0.15) is 0 Å². The standard InChI is InChI=1S/C16H34N2O2/c1-3-5-7-8-9-15(19)10-14-18-16(20)11-13-17-12-6-4-2/h15,17,19H,3-14H2,1-2H3,(H,18,20). The van der Waals surface area contributed by atoms with E-state index in [-0.39, 0.29) is 12.0 Å². The second-order valence-electron chi connectivity index (χ2n) is 5.50. The van der Waals surface area contributed by atoms with Gasteiger partial charge in [-0.15, -0.1) is 0 Å². The molecule has 0 heterocycles. The molecular weight excluding hydrogens is 252 g/mol. The third-order valence-corrected chi connectivity index (χ3v) is 3.43. The number of carbonyl (C=O) groups is 1. The Balaban J connectivity index is 3.32. The quantitative estimate of drug-likeness (QED) is 0.430. The number of unbranched alkanes of at least 4 members (excludes halogenated alkanes) is 4. The maximum Gasteiger partial charge on any atom is 0.221 e. The van der Waals surface area contributed by atoms with Gasteiger partial charge in [-0.3, -0.25) is 4.79 Å². The highest BCUT2D eigenvalue weighted by atomic mass is 16.3. The minimum absolute atomic E-state index is 0.0761. The fraction of sp³-hybridized carbons (Fsp3) is 0.938. The van der Waals surface area contributed by atoms with Gasteiger partial charge in [-0.2, -0.15) is 0 Å². The molecule has 0 saturated carbocycles. The molecular formula is C16H34N2O2. The average Bonchev–Trinajstić information content (AvgIpc) is 2.43. The Hall–Kier alpha value is -0.610. The van der Waals surface area contributed by atoms with Crippen molar-refractivity contribution in [2.75, 3.05) is 19.6 Å². The number of carbonyl (C=O) groups excluding carboxylic acids is 1. The van der Waals surface area contributed by atoms with Gasteiger partial charge in [-0.1, -0.05) is 46.0 Å². The highest BCUT2D eigenvalue weighted by Crippen LogP contribution is 2.07. The topological polar surface area (TPSA) is 61.4 Å². The molecule has 0 aliphatic heterocycles. The molecule has 0 bridgehead atoms. The van der Waals surface area contributed by atoms with Gasteiger partial charge in [0.2, 0.25) is 5.91 Å². The number of nitrogens with one attached hydrogen (secondary N) is 2. The molecule has 0 radical (unpaired) electrons. The lowest BCUT2D eigenvalue weighted by molar-refractivity contribution is -0.121. The summed E-state index contributed by atoms with van der Waals surface area (Å²) in [4.78, 5) is 11.5. The van der Waals surface area contributed by atoms with Crippen molar-refractivity contribution in [3.05, 3.63) is 0 Å². The van der Waals surface area contributed by atoms with E-state index in [0.29, 0.717) is 19.4 Å². The molecule has 4 heteroatoms. The highest BCUT2D eigenvalue weighted by Gasteiger charge is 2.05. The highest BCUT2D eigenvalue weighted by molar-refractivity contribution is 5.75. The molecule has 0 fully saturated rings. The van der Waals surface area contributed by atoms with Gasteiger partial charge in [0, 0.05) is 19.5 Å². The minimum Gasteiger partial charge on any atom is -0.393 e. The zero-order valence-corrected chi connectivity index (χ0v) is 13.4. The van der Waals surface area contributed by atoms with E-state index in [0.717, 1.165) is 32.4 Å². The molecule has 1 unspecified atom stereocenters. The Morgan fingerprint density at radius 2 is 1.70 bits per heavy atom. The van der Waals surface area contributed by atoms with Crippen LogP contribution in [0, 0.1) is 0 Å². The maximum atomic E-state index is 11.5. The number of amides is 1. The van der Waals surface area contributed by atoms with E-state index in [1.807, 2.05) is 0 Å². The van der Waals surface area contributed by atoms with Crippen molar-refractivity contribution in [3.8, 4) is 0 Å². The van der Waals surface area contributed by atoms with Crippen LogP contribution in [-0.4, -0.2) is 36.8 Å². The summed E-state index contributed by atoms with van der Waals surface area (Å²) in [5.74, 6) is 0.0761. The van der Waals surface area contributed by atoms with Gasteiger partial charge < -0.3 is 15.7 Å². The van der Waals surface area contributed by atoms with Crippen molar-refractivity contribution in [1.29, 1.82) is 0 Å². The number of rotatable bonds is 14. The summed E-state index contributed by atoms with van der Waals surface area (Å²) in [5, 5.41) is 15.9. The summed E-state index contributed by atoms with van der Waals surface area (Å²) >= 11 is 0. The van der Waals surface area contributed by atoms with E-state index >= 15 is 0 Å². The molecule has 120 valence electrons. The van der Waals surface area contributed by atoms with Crippen molar-refractivity contribution in [1.82, 2.24) is 10.6 Å². The van der Waals surface area contributed by atoms with Crippen LogP contribution < -0.4 is 10.6 Å². The fourth-order valence-electron chi connectivity index (χ4n) is 2.05. The molecule has 0 aromatic rings. The van der Waals surface area contributed by atoms with E-state index in [1.54, 1.807) is 0 Å². The third-order valence-electron chi connectivity index (χ3n) is 3.43. The third kappa shape index (κ3) is 13.8. The maximum absolute atomic E-state index is 11.5. The van der Waals surface area contributed by atoms with E-state index in [9.17, 15) is 9.90 Å². The average molecular weight is 286 g/mol. The second-order valence-corrected chi connectivity index (χ2v) is 5.50. The van der Waals surface area contributed by atoms with E-state index in [1.165, 1.54) is 25.7 Å². The zero-order valence-electron chi connectivity index (χ0n) is 13.4. The fourth-order valence-corrected chi connectivity index (χ4v) is 2.05. The van der Waals surface area contributed by atoms with E-state index in [2.05, 4.69) is 24.5 Å². The lowest BCUT2D eigenvalue weighted by atomic mass is 10.1. The van der Waals surface area contributed by atoms with Crippen LogP contribution in [0.4, 0.5) is 0 Å². The molecule has 20 heavy (non-hydrogen) atoms. The van der Waals surface area contributed by atoms with Crippen molar-refractivity contribution < 1.29 is 9.90 Å². The Kier molecular flexibility index (Phi) is 14.3. The molecule has 0 spiro atoms. The summed E-state index contributed by atoms with van der Waals surface area (Å²) in [6, 6.07) is 0. The summed E-state index contributed by atoms with van der Waals surface area (Å²) < 4.78 is 0. The Labute approximate surface area is 124 Å². The molecule has 4 nitrogen and oxygen atoms in total. The van der Waals surface area contributed by atoms with Crippen LogP contribution in [0.1, 0.15) is 71.6 Å². The second kappa shape index (κ2) is 14.8. The van der Waals surface area contributed by atoms with Gasteiger partial charge in [-0.25, -0.2) is 0 Å². The van der Waals surface area contributed by atoms with E-state index < -0.39 is 0 Å². The monoisotopic (exact) mass is 286 g/mol. The van der Waals surface area contributed by atoms with Crippen LogP contribution in [0.5, 0.6) is 0 Å². The normalized spacial score (nSPS) is 12.3. The Bertz CT molecular complexity index is 223. The number of hydrogen-bond acceptors (Lipinski definition) is 3. The molecule has 0 aromatic heterocycles. The number of aliphatic hydroxyl groups is 1. The minimum atomic E-state index is -0.269. The molecule has 3 N–H and O–H groups in total. The van der Waals surface area contributed by atoms with Gasteiger partial charge in [0.05, 0.1) is 6.10 Å². The van der Waals surface area contributed by atoms with Gasteiger partial charge in [-0.05, 0) is 25.8 Å². The van der Waals surface area contributed by atoms with Crippen LogP contribution in [0.15, 0.2) is 0 Å². The first-order chi connectivity index (χ1) is 9.70. The number of hydrogen-bond donors (Lipinski definition) is 3. The first kappa shape index (κ1) is 19.4. The number of aliphatic hydroxyl groups excluding tert-OH is 1. The smallest absolute Gasteiger partial charge is 0.221 e. The lowest BCUT2D eigenvalue weighted by Crippen LogP contribution is -2.30. The zero-order chi connectivity index (χ0) is 15.1. The molecule has 0 aromatic carbocycles.